The second-order valence-electron chi connectivity index (χ2n) is 3.37. The van der Waals surface area contributed by atoms with Crippen molar-refractivity contribution in [3.05, 3.63) is 29.8 Å². The van der Waals surface area contributed by atoms with Gasteiger partial charge < -0.3 is 15.2 Å². The SMILES string of the molecule is CO[B]NCCc1ccc(NCCCl)cc1. The highest BCUT2D eigenvalue weighted by Crippen LogP contribution is 2.09. The van der Waals surface area contributed by atoms with E-state index in [4.69, 9.17) is 16.3 Å². The normalized spacial score (nSPS) is 10.1. The first-order valence-corrected chi connectivity index (χ1v) is 5.87. The van der Waals surface area contributed by atoms with Crippen molar-refractivity contribution in [3.63, 3.8) is 0 Å². The summed E-state index contributed by atoms with van der Waals surface area (Å²) < 4.78 is 4.78. The third-order valence-electron chi connectivity index (χ3n) is 2.14. The van der Waals surface area contributed by atoms with Crippen molar-refractivity contribution in [2.45, 2.75) is 6.42 Å². The Morgan fingerprint density at radius 3 is 2.62 bits per heavy atom. The Bertz CT molecular complexity index is 282. The van der Waals surface area contributed by atoms with E-state index < -0.39 is 0 Å². The predicted molar refractivity (Wildman–Crippen MR) is 70.1 cm³/mol. The van der Waals surface area contributed by atoms with Crippen LogP contribution in [0.4, 0.5) is 5.69 Å². The fourth-order valence-electron chi connectivity index (χ4n) is 1.34. The van der Waals surface area contributed by atoms with Crippen molar-refractivity contribution in [2.24, 2.45) is 0 Å². The Morgan fingerprint density at radius 1 is 1.25 bits per heavy atom. The summed E-state index contributed by atoms with van der Waals surface area (Å²) in [7, 11) is 3.22. The average Bonchev–Trinajstić information content (AvgIpc) is 2.33. The van der Waals surface area contributed by atoms with Crippen LogP contribution in [0.15, 0.2) is 24.3 Å². The van der Waals surface area contributed by atoms with E-state index in [9.17, 15) is 0 Å². The molecular formula is C11H17BClN2O. The van der Waals surface area contributed by atoms with E-state index in [1.807, 2.05) is 0 Å². The number of alkyl halides is 1. The molecule has 1 radical (unpaired) electrons. The van der Waals surface area contributed by atoms with Gasteiger partial charge in [-0.3, -0.25) is 0 Å². The molecule has 0 spiro atoms. The minimum Gasteiger partial charge on any atom is -0.427 e. The molecule has 0 atom stereocenters. The zero-order valence-corrected chi connectivity index (χ0v) is 10.3. The Balaban J connectivity index is 2.27. The summed E-state index contributed by atoms with van der Waals surface area (Å²) in [5, 5.41) is 6.28. The van der Waals surface area contributed by atoms with Crippen LogP contribution in [-0.4, -0.2) is 33.7 Å². The van der Waals surface area contributed by atoms with Crippen LogP contribution >= 0.6 is 11.6 Å². The lowest BCUT2D eigenvalue weighted by Crippen LogP contribution is -2.23. The average molecular weight is 240 g/mol. The highest BCUT2D eigenvalue weighted by Gasteiger charge is 1.95. The van der Waals surface area contributed by atoms with Gasteiger partial charge in [-0.25, -0.2) is 0 Å². The molecule has 0 fully saturated rings. The number of anilines is 1. The summed E-state index contributed by atoms with van der Waals surface area (Å²) in [6, 6.07) is 8.37. The van der Waals surface area contributed by atoms with Crippen LogP contribution in [0, 0.1) is 0 Å². The highest BCUT2D eigenvalue weighted by molar-refractivity contribution is 6.23. The molecule has 0 unspecified atom stereocenters. The van der Waals surface area contributed by atoms with Gasteiger partial charge in [0.1, 0.15) is 0 Å². The number of nitrogens with one attached hydrogen (secondary N) is 2. The summed E-state index contributed by atoms with van der Waals surface area (Å²) in [5.74, 6) is 0.624. The minimum atomic E-state index is 0.624. The zero-order chi connectivity index (χ0) is 11.6. The predicted octanol–water partition coefficient (Wildman–Crippen LogP) is 1.65. The van der Waals surface area contributed by atoms with Crippen molar-refractivity contribution in [1.29, 1.82) is 0 Å². The fourth-order valence-corrected chi connectivity index (χ4v) is 1.43. The van der Waals surface area contributed by atoms with Gasteiger partial charge in [0.15, 0.2) is 0 Å². The monoisotopic (exact) mass is 239 g/mol. The van der Waals surface area contributed by atoms with Crippen LogP contribution in [-0.2, 0) is 11.1 Å². The molecule has 0 bridgehead atoms. The van der Waals surface area contributed by atoms with Crippen LogP contribution in [0.1, 0.15) is 5.56 Å². The molecule has 0 aliphatic rings. The third kappa shape index (κ3) is 5.40. The van der Waals surface area contributed by atoms with E-state index in [2.05, 4.69) is 34.8 Å². The summed E-state index contributed by atoms with van der Waals surface area (Å²) >= 11 is 5.59. The van der Waals surface area contributed by atoms with Gasteiger partial charge in [-0.2, -0.15) is 0 Å². The second-order valence-corrected chi connectivity index (χ2v) is 3.75. The third-order valence-corrected chi connectivity index (χ3v) is 2.33. The molecule has 0 heterocycles. The van der Waals surface area contributed by atoms with E-state index in [0.29, 0.717) is 5.88 Å². The maximum Gasteiger partial charge on any atom is 0.395 e. The smallest absolute Gasteiger partial charge is 0.395 e. The van der Waals surface area contributed by atoms with Crippen LogP contribution in [0.25, 0.3) is 0 Å². The van der Waals surface area contributed by atoms with E-state index in [-0.39, 0.29) is 0 Å². The molecule has 3 nitrogen and oxygen atoms in total. The molecule has 1 aromatic carbocycles. The largest absolute Gasteiger partial charge is 0.427 e. The Kier molecular flexibility index (Phi) is 7.05. The zero-order valence-electron chi connectivity index (χ0n) is 9.50. The lowest BCUT2D eigenvalue weighted by Gasteiger charge is -2.06. The molecule has 0 saturated heterocycles. The van der Waals surface area contributed by atoms with Crippen LogP contribution in [0.3, 0.4) is 0 Å². The summed E-state index contributed by atoms with van der Waals surface area (Å²) in [6.07, 6.45) is 0.982. The first-order chi connectivity index (χ1) is 7.86. The van der Waals surface area contributed by atoms with Gasteiger partial charge in [-0.1, -0.05) is 12.1 Å². The lowest BCUT2D eigenvalue weighted by molar-refractivity contribution is 0.431. The lowest BCUT2D eigenvalue weighted by atomic mass is 10.1. The molecule has 0 aromatic heterocycles. The van der Waals surface area contributed by atoms with Crippen molar-refractivity contribution in [1.82, 2.24) is 5.23 Å². The maximum absolute atomic E-state index is 5.59. The molecule has 87 valence electrons. The highest BCUT2D eigenvalue weighted by atomic mass is 35.5. The number of rotatable bonds is 8. The van der Waals surface area contributed by atoms with Crippen molar-refractivity contribution in [2.75, 3.05) is 31.4 Å². The van der Waals surface area contributed by atoms with Crippen LogP contribution < -0.4 is 10.5 Å². The van der Waals surface area contributed by atoms with Gasteiger partial charge in [-0.05, 0) is 30.7 Å². The molecule has 1 rings (SSSR count). The molecule has 0 aliphatic carbocycles. The summed E-state index contributed by atoms with van der Waals surface area (Å²) in [4.78, 5) is 0. The summed E-state index contributed by atoms with van der Waals surface area (Å²) in [5.41, 5.74) is 2.41. The molecule has 5 heteroatoms. The number of hydrogen-bond donors (Lipinski definition) is 2. The first kappa shape index (κ1) is 13.4. The van der Waals surface area contributed by atoms with Crippen molar-refractivity contribution >= 4 is 24.9 Å². The number of benzene rings is 1. The van der Waals surface area contributed by atoms with Gasteiger partial charge in [-0.15, -0.1) is 11.6 Å². The van der Waals surface area contributed by atoms with Crippen LogP contribution in [0.5, 0.6) is 0 Å². The fraction of sp³-hybridized carbons (Fsp3) is 0.455. The molecule has 0 aliphatic heterocycles. The molecule has 16 heavy (non-hydrogen) atoms. The maximum atomic E-state index is 5.59. The minimum absolute atomic E-state index is 0.624. The molecular weight excluding hydrogens is 222 g/mol. The van der Waals surface area contributed by atoms with Gasteiger partial charge in [0.25, 0.3) is 0 Å². The molecule has 0 saturated carbocycles. The number of halogens is 1. The van der Waals surface area contributed by atoms with E-state index in [1.54, 1.807) is 14.7 Å². The van der Waals surface area contributed by atoms with Gasteiger partial charge >= 0.3 is 7.62 Å². The van der Waals surface area contributed by atoms with Gasteiger partial charge in [0.05, 0.1) is 0 Å². The summed E-state index contributed by atoms with van der Waals surface area (Å²) in [6.45, 7) is 1.67. The molecule has 0 amide bonds. The van der Waals surface area contributed by atoms with E-state index in [1.165, 1.54) is 5.56 Å². The van der Waals surface area contributed by atoms with E-state index >= 15 is 0 Å². The van der Waals surface area contributed by atoms with Gasteiger partial charge in [0, 0.05) is 25.2 Å². The topological polar surface area (TPSA) is 33.3 Å². The van der Waals surface area contributed by atoms with Gasteiger partial charge in [0.2, 0.25) is 0 Å². The Labute approximate surface area is 103 Å². The Hall–Kier alpha value is -0.705. The van der Waals surface area contributed by atoms with E-state index in [0.717, 1.165) is 25.2 Å². The first-order valence-electron chi connectivity index (χ1n) is 5.33. The Morgan fingerprint density at radius 2 is 2.00 bits per heavy atom. The van der Waals surface area contributed by atoms with Crippen LogP contribution in [0.2, 0.25) is 0 Å². The van der Waals surface area contributed by atoms with Crippen molar-refractivity contribution in [3.8, 4) is 0 Å². The number of hydrogen-bond acceptors (Lipinski definition) is 3. The van der Waals surface area contributed by atoms with Crippen molar-refractivity contribution < 1.29 is 4.65 Å². The molecule has 2 N–H and O–H groups in total. The molecule has 1 aromatic rings. The second kappa shape index (κ2) is 8.45. The standard InChI is InChI=1S/C11H17BClN2O/c1-16-12-15-8-6-10-2-4-11(5-3-10)14-9-7-13/h2-5,14-15H,6-9H2,1H3. The quantitative estimate of drug-likeness (QED) is 0.411.